The predicted octanol–water partition coefficient (Wildman–Crippen LogP) is 4.39. The molecule has 0 heterocycles. The summed E-state index contributed by atoms with van der Waals surface area (Å²) in [6, 6.07) is 0. The minimum Gasteiger partial charge on any atom is -0.481 e. The summed E-state index contributed by atoms with van der Waals surface area (Å²) in [6.45, 7) is 2.11. The van der Waals surface area contributed by atoms with E-state index < -0.39 is 12.1 Å². The molecule has 0 saturated carbocycles. The highest BCUT2D eigenvalue weighted by Gasteiger charge is 2.28. The SMILES string of the molecule is CC/C=C\C/C=C/C/C=C\C[C@@H](O)/C=C/[C@H]1C(=O)C=C[C@H]1CCC(=O)O. The minimum absolute atomic E-state index is 0.0263. The molecular formula is C22H30O4. The lowest BCUT2D eigenvalue weighted by Crippen LogP contribution is -2.15. The van der Waals surface area contributed by atoms with E-state index >= 15 is 0 Å². The Labute approximate surface area is 156 Å². The summed E-state index contributed by atoms with van der Waals surface area (Å²) in [5, 5.41) is 18.8. The summed E-state index contributed by atoms with van der Waals surface area (Å²) in [4.78, 5) is 22.6. The van der Waals surface area contributed by atoms with E-state index in [0.717, 1.165) is 19.3 Å². The largest absolute Gasteiger partial charge is 0.481 e. The zero-order valence-electron chi connectivity index (χ0n) is 15.5. The Balaban J connectivity index is 2.33. The lowest BCUT2D eigenvalue weighted by molar-refractivity contribution is -0.137. The molecule has 0 saturated heterocycles. The number of aliphatic hydroxyl groups excluding tert-OH is 1. The van der Waals surface area contributed by atoms with Gasteiger partial charge in [0.25, 0.3) is 0 Å². The molecule has 1 aliphatic rings. The third-order valence-electron chi connectivity index (χ3n) is 4.19. The van der Waals surface area contributed by atoms with E-state index in [1.54, 1.807) is 18.2 Å². The summed E-state index contributed by atoms with van der Waals surface area (Å²) >= 11 is 0. The molecule has 4 nitrogen and oxygen atoms in total. The van der Waals surface area contributed by atoms with E-state index in [0.29, 0.717) is 12.8 Å². The van der Waals surface area contributed by atoms with Crippen LogP contribution in [0.25, 0.3) is 0 Å². The van der Waals surface area contributed by atoms with Gasteiger partial charge in [0.05, 0.1) is 6.10 Å². The van der Waals surface area contributed by atoms with Crippen LogP contribution in [0.3, 0.4) is 0 Å². The maximum atomic E-state index is 11.9. The van der Waals surface area contributed by atoms with Gasteiger partial charge in [-0.3, -0.25) is 9.59 Å². The standard InChI is InChI=1S/C22H30O4/c1-2-3-4-5-6-7-8-9-10-11-19(23)14-15-20-18(12-16-21(20)24)13-17-22(25)26/h3-4,6-7,9-10,12,14-16,18-20,23H,2,5,8,11,13,17H2,1H3,(H,25,26)/b4-3-,7-6+,10-9-,15-14+/t18-,19+,20+/m0/s1. The summed E-state index contributed by atoms with van der Waals surface area (Å²) in [5.74, 6) is -1.33. The monoisotopic (exact) mass is 358 g/mol. The molecule has 3 atom stereocenters. The molecule has 0 unspecified atom stereocenters. The molecule has 1 aliphatic carbocycles. The molecule has 0 aromatic carbocycles. The first-order valence-corrected chi connectivity index (χ1v) is 9.29. The van der Waals surface area contributed by atoms with Crippen molar-refractivity contribution in [3.05, 3.63) is 60.8 Å². The molecule has 0 fully saturated rings. The summed E-state index contributed by atoms with van der Waals surface area (Å²) < 4.78 is 0. The van der Waals surface area contributed by atoms with Crippen LogP contribution in [0.15, 0.2) is 60.8 Å². The first-order valence-electron chi connectivity index (χ1n) is 9.29. The number of carboxylic acid groups (broad SMARTS) is 1. The van der Waals surface area contributed by atoms with E-state index in [2.05, 4.69) is 31.2 Å². The minimum atomic E-state index is -0.860. The van der Waals surface area contributed by atoms with Gasteiger partial charge in [-0.05, 0) is 44.1 Å². The summed E-state index contributed by atoms with van der Waals surface area (Å²) in [6.07, 6.45) is 22.2. The summed E-state index contributed by atoms with van der Waals surface area (Å²) in [7, 11) is 0. The number of hydrogen-bond acceptors (Lipinski definition) is 3. The van der Waals surface area contributed by atoms with E-state index in [-0.39, 0.29) is 24.0 Å². The van der Waals surface area contributed by atoms with Gasteiger partial charge < -0.3 is 10.2 Å². The number of aliphatic hydroxyl groups is 1. The van der Waals surface area contributed by atoms with Crippen molar-refractivity contribution < 1.29 is 19.8 Å². The Morgan fingerprint density at radius 1 is 1.15 bits per heavy atom. The number of carbonyl (C=O) groups is 2. The van der Waals surface area contributed by atoms with Gasteiger partial charge in [0.15, 0.2) is 5.78 Å². The molecule has 0 aromatic rings. The normalized spacial score (nSPS) is 21.8. The zero-order chi connectivity index (χ0) is 19.2. The number of ketones is 1. The van der Waals surface area contributed by atoms with Gasteiger partial charge in [0.2, 0.25) is 0 Å². The average Bonchev–Trinajstić information content (AvgIpc) is 2.96. The van der Waals surface area contributed by atoms with Crippen molar-refractivity contribution in [3.63, 3.8) is 0 Å². The van der Waals surface area contributed by atoms with Gasteiger partial charge in [-0.15, -0.1) is 0 Å². The van der Waals surface area contributed by atoms with Gasteiger partial charge in [0.1, 0.15) is 0 Å². The number of rotatable bonds is 12. The Bertz CT molecular complexity index is 581. The average molecular weight is 358 g/mol. The van der Waals surface area contributed by atoms with Crippen LogP contribution >= 0.6 is 0 Å². The Hall–Kier alpha value is -2.20. The first kappa shape index (κ1) is 21.8. The fraction of sp³-hybridized carbons (Fsp3) is 0.455. The molecule has 0 spiro atoms. The van der Waals surface area contributed by atoms with Crippen LogP contribution in [-0.4, -0.2) is 28.1 Å². The van der Waals surface area contributed by atoms with Gasteiger partial charge >= 0.3 is 5.97 Å². The predicted molar refractivity (Wildman–Crippen MR) is 105 cm³/mol. The van der Waals surface area contributed by atoms with Gasteiger partial charge in [0, 0.05) is 12.3 Å². The van der Waals surface area contributed by atoms with Crippen molar-refractivity contribution in [1.29, 1.82) is 0 Å². The Kier molecular flexibility index (Phi) is 11.0. The van der Waals surface area contributed by atoms with Gasteiger partial charge in [-0.25, -0.2) is 0 Å². The van der Waals surface area contributed by atoms with E-state index in [9.17, 15) is 14.7 Å². The molecule has 1 rings (SSSR count). The fourth-order valence-electron chi connectivity index (χ4n) is 2.73. The third-order valence-corrected chi connectivity index (χ3v) is 4.19. The molecule has 0 bridgehead atoms. The molecule has 0 radical (unpaired) electrons. The molecule has 0 amide bonds. The van der Waals surface area contributed by atoms with Crippen LogP contribution in [-0.2, 0) is 9.59 Å². The van der Waals surface area contributed by atoms with Crippen LogP contribution in [0.1, 0.15) is 45.4 Å². The number of allylic oxidation sites excluding steroid dienone is 8. The maximum absolute atomic E-state index is 11.9. The highest BCUT2D eigenvalue weighted by atomic mass is 16.4. The zero-order valence-corrected chi connectivity index (χ0v) is 15.5. The highest BCUT2D eigenvalue weighted by Crippen LogP contribution is 2.28. The smallest absolute Gasteiger partial charge is 0.303 e. The van der Waals surface area contributed by atoms with Crippen LogP contribution in [0.4, 0.5) is 0 Å². The number of carbonyl (C=O) groups excluding carboxylic acids is 1. The number of aliphatic carboxylic acids is 1. The quantitative estimate of drug-likeness (QED) is 0.507. The lowest BCUT2D eigenvalue weighted by atomic mass is 9.90. The molecular weight excluding hydrogens is 328 g/mol. The number of carboxylic acids is 1. The molecule has 2 N–H and O–H groups in total. The first-order chi connectivity index (χ1) is 12.5. The second-order valence-corrected chi connectivity index (χ2v) is 6.37. The third kappa shape index (κ3) is 9.33. The second kappa shape index (κ2) is 13.1. The van der Waals surface area contributed by atoms with Crippen LogP contribution < -0.4 is 0 Å². The van der Waals surface area contributed by atoms with Crippen molar-refractivity contribution >= 4 is 11.8 Å². The van der Waals surface area contributed by atoms with E-state index in [4.69, 9.17) is 5.11 Å². The van der Waals surface area contributed by atoms with E-state index in [1.165, 1.54) is 6.08 Å². The molecule has 0 aliphatic heterocycles. The maximum Gasteiger partial charge on any atom is 0.303 e. The fourth-order valence-corrected chi connectivity index (χ4v) is 2.73. The lowest BCUT2D eigenvalue weighted by Gasteiger charge is -2.14. The van der Waals surface area contributed by atoms with Crippen molar-refractivity contribution in [1.82, 2.24) is 0 Å². The highest BCUT2D eigenvalue weighted by molar-refractivity contribution is 5.95. The van der Waals surface area contributed by atoms with Crippen molar-refractivity contribution in [2.75, 3.05) is 0 Å². The summed E-state index contributed by atoms with van der Waals surface area (Å²) in [5.41, 5.74) is 0. The molecule has 26 heavy (non-hydrogen) atoms. The van der Waals surface area contributed by atoms with Crippen molar-refractivity contribution in [2.24, 2.45) is 11.8 Å². The Morgan fingerprint density at radius 2 is 1.81 bits per heavy atom. The van der Waals surface area contributed by atoms with Crippen molar-refractivity contribution in [2.45, 2.75) is 51.6 Å². The Morgan fingerprint density at radius 3 is 2.46 bits per heavy atom. The van der Waals surface area contributed by atoms with Crippen LogP contribution in [0, 0.1) is 11.8 Å². The number of hydrogen-bond donors (Lipinski definition) is 2. The van der Waals surface area contributed by atoms with Crippen molar-refractivity contribution in [3.8, 4) is 0 Å². The molecule has 0 aromatic heterocycles. The van der Waals surface area contributed by atoms with Crippen LogP contribution in [0.5, 0.6) is 0 Å². The second-order valence-electron chi connectivity index (χ2n) is 6.37. The molecule has 4 heteroatoms. The van der Waals surface area contributed by atoms with Crippen LogP contribution in [0.2, 0.25) is 0 Å². The topological polar surface area (TPSA) is 74.6 Å². The molecule has 142 valence electrons. The van der Waals surface area contributed by atoms with E-state index in [1.807, 2.05) is 12.2 Å². The van der Waals surface area contributed by atoms with Gasteiger partial charge in [-0.2, -0.15) is 0 Å². The van der Waals surface area contributed by atoms with Gasteiger partial charge in [-0.1, -0.05) is 61.6 Å².